The minimum atomic E-state index is -0.349. The van der Waals surface area contributed by atoms with Gasteiger partial charge in [-0.2, -0.15) is 10.5 Å². The van der Waals surface area contributed by atoms with E-state index >= 15 is 0 Å². The van der Waals surface area contributed by atoms with Crippen molar-refractivity contribution in [3.8, 4) is 17.9 Å². The normalized spacial score (nSPS) is 11.6. The third kappa shape index (κ3) is 3.29. The first-order valence-electron chi connectivity index (χ1n) is 5.20. The van der Waals surface area contributed by atoms with Crippen molar-refractivity contribution in [2.75, 3.05) is 0 Å². The van der Waals surface area contributed by atoms with Crippen LogP contribution in [0.2, 0.25) is 0 Å². The summed E-state index contributed by atoms with van der Waals surface area (Å²) >= 11 is 0. The Balaban J connectivity index is 2.78. The van der Waals surface area contributed by atoms with Gasteiger partial charge in [-0.05, 0) is 31.5 Å². The van der Waals surface area contributed by atoms with Gasteiger partial charge >= 0.3 is 0 Å². The fraction of sp³-hybridized carbons (Fsp3) is 0.385. The molecule has 1 unspecified atom stereocenters. The second-order valence-electron chi connectivity index (χ2n) is 3.78. The number of rotatable bonds is 4. The Hall–Kier alpha value is -2.00. The molecule has 16 heavy (non-hydrogen) atoms. The molecule has 0 aliphatic carbocycles. The molecular weight excluding hydrogens is 200 g/mol. The van der Waals surface area contributed by atoms with Gasteiger partial charge in [-0.1, -0.05) is 12.1 Å². The molecule has 0 saturated carbocycles. The monoisotopic (exact) mass is 214 g/mol. The summed E-state index contributed by atoms with van der Waals surface area (Å²) in [6, 6.07) is 11.5. The van der Waals surface area contributed by atoms with E-state index in [4.69, 9.17) is 15.3 Å². The van der Waals surface area contributed by atoms with E-state index in [0.29, 0.717) is 0 Å². The summed E-state index contributed by atoms with van der Waals surface area (Å²) in [4.78, 5) is 0. The van der Waals surface area contributed by atoms with Crippen molar-refractivity contribution in [2.45, 2.75) is 32.3 Å². The number of hydrogen-bond donors (Lipinski definition) is 0. The Bertz CT molecular complexity index is 409. The lowest BCUT2D eigenvalue weighted by Crippen LogP contribution is -2.05. The molecule has 0 spiro atoms. The molecule has 0 amide bonds. The van der Waals surface area contributed by atoms with Crippen LogP contribution in [-0.2, 0) is 0 Å². The van der Waals surface area contributed by atoms with Gasteiger partial charge < -0.3 is 4.74 Å². The molecule has 1 rings (SSSR count). The first kappa shape index (κ1) is 12.1. The van der Waals surface area contributed by atoms with Gasteiger partial charge in [0, 0.05) is 0 Å². The van der Waals surface area contributed by atoms with Crippen LogP contribution in [0.4, 0.5) is 0 Å². The average Bonchev–Trinajstić information content (AvgIpc) is 2.26. The highest BCUT2D eigenvalue weighted by atomic mass is 16.5. The lowest BCUT2D eigenvalue weighted by atomic mass is 9.98. The fourth-order valence-corrected chi connectivity index (χ4v) is 1.38. The first-order chi connectivity index (χ1) is 7.67. The van der Waals surface area contributed by atoms with Crippen molar-refractivity contribution in [1.82, 2.24) is 0 Å². The van der Waals surface area contributed by atoms with Crippen LogP contribution < -0.4 is 4.74 Å². The maximum Gasteiger partial charge on any atom is 0.119 e. The Morgan fingerprint density at radius 3 is 2.25 bits per heavy atom. The number of hydrogen-bond acceptors (Lipinski definition) is 3. The molecule has 0 N–H and O–H groups in total. The molecule has 0 aliphatic heterocycles. The van der Waals surface area contributed by atoms with Gasteiger partial charge in [-0.3, -0.25) is 0 Å². The summed E-state index contributed by atoms with van der Waals surface area (Å²) in [6.07, 6.45) is 0.359. The number of nitriles is 2. The molecule has 0 aromatic heterocycles. The molecule has 3 heteroatoms. The summed E-state index contributed by atoms with van der Waals surface area (Å²) in [5.74, 6) is 0.436. The van der Waals surface area contributed by atoms with Crippen LogP contribution in [0, 0.1) is 22.7 Å². The second-order valence-corrected chi connectivity index (χ2v) is 3.78. The standard InChI is InChI=1S/C13H14N2O/c1-10(2)16-13-5-3-11(4-6-13)12(9-15)7-8-14/h3-6,10,12H,7H2,1-2H3. The van der Waals surface area contributed by atoms with E-state index in [1.54, 1.807) is 0 Å². The van der Waals surface area contributed by atoms with Crippen LogP contribution in [0.1, 0.15) is 31.7 Å². The Labute approximate surface area is 95.9 Å². The van der Waals surface area contributed by atoms with Crippen LogP contribution in [0.15, 0.2) is 24.3 Å². The molecule has 0 heterocycles. The molecule has 1 aromatic rings. The highest BCUT2D eigenvalue weighted by molar-refractivity contribution is 5.32. The lowest BCUT2D eigenvalue weighted by Gasteiger charge is -2.11. The molecule has 1 aromatic carbocycles. The Morgan fingerprint density at radius 2 is 1.81 bits per heavy atom. The van der Waals surface area contributed by atoms with Crippen molar-refractivity contribution < 1.29 is 4.74 Å². The molecule has 0 radical (unpaired) electrons. The fourth-order valence-electron chi connectivity index (χ4n) is 1.38. The van der Waals surface area contributed by atoms with Crippen molar-refractivity contribution in [3.63, 3.8) is 0 Å². The van der Waals surface area contributed by atoms with Crippen molar-refractivity contribution in [3.05, 3.63) is 29.8 Å². The average molecular weight is 214 g/mol. The summed E-state index contributed by atoms with van der Waals surface area (Å²) in [7, 11) is 0. The summed E-state index contributed by atoms with van der Waals surface area (Å²) < 4.78 is 5.49. The van der Waals surface area contributed by atoms with Crippen LogP contribution in [0.3, 0.4) is 0 Å². The molecule has 0 bridgehead atoms. The molecule has 82 valence electrons. The van der Waals surface area contributed by atoms with Gasteiger partial charge in [-0.25, -0.2) is 0 Å². The largest absolute Gasteiger partial charge is 0.491 e. The van der Waals surface area contributed by atoms with E-state index in [9.17, 15) is 0 Å². The van der Waals surface area contributed by atoms with E-state index in [2.05, 4.69) is 6.07 Å². The third-order valence-corrected chi connectivity index (χ3v) is 2.11. The van der Waals surface area contributed by atoms with Gasteiger partial charge in [0.25, 0.3) is 0 Å². The zero-order chi connectivity index (χ0) is 12.0. The summed E-state index contributed by atoms with van der Waals surface area (Å²) in [5, 5.41) is 17.5. The zero-order valence-electron chi connectivity index (χ0n) is 9.47. The van der Waals surface area contributed by atoms with Gasteiger partial charge in [0.15, 0.2) is 0 Å². The smallest absolute Gasteiger partial charge is 0.119 e. The second kappa shape index (κ2) is 5.78. The molecule has 1 atom stereocenters. The number of nitrogens with zero attached hydrogens (tertiary/aromatic N) is 2. The van der Waals surface area contributed by atoms with E-state index in [0.717, 1.165) is 11.3 Å². The van der Waals surface area contributed by atoms with Gasteiger partial charge in [0.05, 0.1) is 30.6 Å². The quantitative estimate of drug-likeness (QED) is 0.774. The zero-order valence-corrected chi connectivity index (χ0v) is 9.47. The van der Waals surface area contributed by atoms with E-state index in [-0.39, 0.29) is 18.4 Å². The molecule has 0 aliphatic rings. The van der Waals surface area contributed by atoms with Gasteiger partial charge in [0.1, 0.15) is 5.75 Å². The summed E-state index contributed by atoms with van der Waals surface area (Å²) in [5.41, 5.74) is 0.861. The maximum atomic E-state index is 8.89. The SMILES string of the molecule is CC(C)Oc1ccc(C(C#N)CC#N)cc1. The van der Waals surface area contributed by atoms with Gasteiger partial charge in [0.2, 0.25) is 0 Å². The minimum absolute atomic E-state index is 0.136. The van der Waals surface area contributed by atoms with Crippen LogP contribution in [0.5, 0.6) is 5.75 Å². The van der Waals surface area contributed by atoms with E-state index in [1.807, 2.05) is 44.2 Å². The highest BCUT2D eigenvalue weighted by Gasteiger charge is 2.09. The third-order valence-electron chi connectivity index (χ3n) is 2.11. The summed E-state index contributed by atoms with van der Waals surface area (Å²) in [6.45, 7) is 3.92. The van der Waals surface area contributed by atoms with Crippen LogP contribution >= 0.6 is 0 Å². The van der Waals surface area contributed by atoms with Crippen molar-refractivity contribution in [2.24, 2.45) is 0 Å². The molecule has 3 nitrogen and oxygen atoms in total. The van der Waals surface area contributed by atoms with Crippen LogP contribution in [0.25, 0.3) is 0 Å². The van der Waals surface area contributed by atoms with Gasteiger partial charge in [-0.15, -0.1) is 0 Å². The first-order valence-corrected chi connectivity index (χ1v) is 5.20. The minimum Gasteiger partial charge on any atom is -0.491 e. The highest BCUT2D eigenvalue weighted by Crippen LogP contribution is 2.21. The molecule has 0 saturated heterocycles. The van der Waals surface area contributed by atoms with E-state index in [1.165, 1.54) is 0 Å². The number of benzene rings is 1. The predicted molar refractivity (Wildman–Crippen MR) is 60.8 cm³/mol. The molecule has 0 fully saturated rings. The predicted octanol–water partition coefficient (Wildman–Crippen LogP) is 2.99. The number of ether oxygens (including phenoxy) is 1. The maximum absolute atomic E-state index is 8.89. The Kier molecular flexibility index (Phi) is 4.36. The van der Waals surface area contributed by atoms with Crippen molar-refractivity contribution in [1.29, 1.82) is 10.5 Å². The topological polar surface area (TPSA) is 56.8 Å². The van der Waals surface area contributed by atoms with E-state index < -0.39 is 0 Å². The Morgan fingerprint density at radius 1 is 1.19 bits per heavy atom. The van der Waals surface area contributed by atoms with Crippen molar-refractivity contribution >= 4 is 0 Å². The lowest BCUT2D eigenvalue weighted by molar-refractivity contribution is 0.242. The van der Waals surface area contributed by atoms with Crippen LogP contribution in [-0.4, -0.2) is 6.10 Å². The molecular formula is C13H14N2O.